The highest BCUT2D eigenvalue weighted by molar-refractivity contribution is 5.91. The van der Waals surface area contributed by atoms with Crippen molar-refractivity contribution in [1.82, 2.24) is 0 Å². The average Bonchev–Trinajstić information content (AvgIpc) is 2.28. The number of anilines is 1. The van der Waals surface area contributed by atoms with Gasteiger partial charge >= 0.3 is 0 Å². The van der Waals surface area contributed by atoms with Gasteiger partial charge < -0.3 is 15.8 Å². The number of nitrogens with one attached hydrogen (secondary N) is 1. The Hall–Kier alpha value is -1.88. The first-order valence-corrected chi connectivity index (χ1v) is 5.76. The van der Waals surface area contributed by atoms with E-state index >= 15 is 0 Å². The molecule has 98 valence electrons. The molecule has 2 amide bonds. The summed E-state index contributed by atoms with van der Waals surface area (Å²) in [5.74, 6) is -0.580. The van der Waals surface area contributed by atoms with Gasteiger partial charge in [0.15, 0.2) is 0 Å². The van der Waals surface area contributed by atoms with Gasteiger partial charge in [-0.2, -0.15) is 0 Å². The number of primary amides is 1. The molecule has 1 rings (SSSR count). The largest absolute Gasteiger partial charge is 0.369 e. The molecule has 0 atom stereocenters. The third kappa shape index (κ3) is 5.45. The highest BCUT2D eigenvalue weighted by Crippen LogP contribution is 2.09. The number of hydrogen-bond acceptors (Lipinski definition) is 3. The van der Waals surface area contributed by atoms with Crippen LogP contribution >= 0.6 is 0 Å². The zero-order valence-corrected chi connectivity index (χ0v) is 10.6. The van der Waals surface area contributed by atoms with E-state index in [4.69, 9.17) is 10.5 Å². The summed E-state index contributed by atoms with van der Waals surface area (Å²) in [6.07, 6.45) is 0.221. The second-order valence-electron chi connectivity index (χ2n) is 4.25. The van der Waals surface area contributed by atoms with E-state index in [1.165, 1.54) is 0 Å². The molecule has 0 unspecified atom stereocenters. The Bertz CT molecular complexity index is 413. The van der Waals surface area contributed by atoms with Gasteiger partial charge in [-0.1, -0.05) is 12.1 Å². The van der Waals surface area contributed by atoms with Crippen LogP contribution in [0, 0.1) is 0 Å². The van der Waals surface area contributed by atoms with Gasteiger partial charge in [0, 0.05) is 5.69 Å². The van der Waals surface area contributed by atoms with Crippen LogP contribution in [-0.4, -0.2) is 24.5 Å². The maximum absolute atomic E-state index is 11.5. The van der Waals surface area contributed by atoms with Gasteiger partial charge in [-0.3, -0.25) is 9.59 Å². The monoisotopic (exact) mass is 250 g/mol. The van der Waals surface area contributed by atoms with E-state index in [1.54, 1.807) is 24.3 Å². The Morgan fingerprint density at radius 1 is 1.28 bits per heavy atom. The molecule has 0 heterocycles. The fraction of sp³-hybridized carbons (Fsp3) is 0.385. The topological polar surface area (TPSA) is 81.4 Å². The van der Waals surface area contributed by atoms with Gasteiger partial charge in [0.1, 0.15) is 6.61 Å². The van der Waals surface area contributed by atoms with Crippen LogP contribution in [0.5, 0.6) is 0 Å². The Morgan fingerprint density at radius 2 is 1.89 bits per heavy atom. The molecule has 0 saturated carbocycles. The number of ether oxygens (including phenoxy) is 1. The summed E-state index contributed by atoms with van der Waals surface area (Å²) in [5, 5.41) is 2.70. The lowest BCUT2D eigenvalue weighted by Crippen LogP contribution is -2.20. The van der Waals surface area contributed by atoms with Crippen molar-refractivity contribution in [2.24, 2.45) is 5.73 Å². The van der Waals surface area contributed by atoms with Crippen LogP contribution in [0.2, 0.25) is 0 Å². The molecule has 0 fully saturated rings. The summed E-state index contributed by atoms with van der Waals surface area (Å²) in [4.78, 5) is 22.2. The van der Waals surface area contributed by atoms with Crippen molar-refractivity contribution in [3.05, 3.63) is 29.8 Å². The summed E-state index contributed by atoms with van der Waals surface area (Å²) in [7, 11) is 0. The van der Waals surface area contributed by atoms with E-state index in [1.807, 2.05) is 13.8 Å². The second-order valence-corrected chi connectivity index (χ2v) is 4.25. The summed E-state index contributed by atoms with van der Waals surface area (Å²) in [5.41, 5.74) is 6.57. The molecular weight excluding hydrogens is 232 g/mol. The lowest BCUT2D eigenvalue weighted by Gasteiger charge is -2.08. The fourth-order valence-electron chi connectivity index (χ4n) is 1.35. The third-order valence-corrected chi connectivity index (χ3v) is 2.16. The van der Waals surface area contributed by atoms with Crippen molar-refractivity contribution in [1.29, 1.82) is 0 Å². The van der Waals surface area contributed by atoms with Gasteiger partial charge in [-0.05, 0) is 31.5 Å². The number of amides is 2. The van der Waals surface area contributed by atoms with Crippen LogP contribution in [0.25, 0.3) is 0 Å². The number of nitrogens with two attached hydrogens (primary N) is 1. The lowest BCUT2D eigenvalue weighted by molar-refractivity contribution is -0.122. The smallest absolute Gasteiger partial charge is 0.250 e. The van der Waals surface area contributed by atoms with Gasteiger partial charge in [-0.15, -0.1) is 0 Å². The first kappa shape index (κ1) is 14.2. The van der Waals surface area contributed by atoms with E-state index in [0.717, 1.165) is 5.56 Å². The normalized spacial score (nSPS) is 10.4. The number of hydrogen-bond donors (Lipinski definition) is 2. The van der Waals surface area contributed by atoms with Crippen molar-refractivity contribution in [2.75, 3.05) is 11.9 Å². The third-order valence-electron chi connectivity index (χ3n) is 2.16. The van der Waals surface area contributed by atoms with Crippen molar-refractivity contribution >= 4 is 17.5 Å². The molecule has 1 aromatic rings. The van der Waals surface area contributed by atoms with Crippen molar-refractivity contribution in [3.8, 4) is 0 Å². The standard InChI is InChI=1S/C13H18N2O3/c1-9(2)18-8-13(17)15-11-5-3-10(4-6-11)7-12(14)16/h3-6,9H,7-8H2,1-2H3,(H2,14,16)(H,15,17). The zero-order valence-electron chi connectivity index (χ0n) is 10.6. The predicted molar refractivity (Wildman–Crippen MR) is 69.1 cm³/mol. The molecule has 0 bridgehead atoms. The molecule has 0 radical (unpaired) electrons. The van der Waals surface area contributed by atoms with E-state index in [-0.39, 0.29) is 30.9 Å². The Labute approximate surface area is 106 Å². The zero-order chi connectivity index (χ0) is 13.5. The van der Waals surface area contributed by atoms with Crippen molar-refractivity contribution in [2.45, 2.75) is 26.4 Å². The molecule has 0 aliphatic heterocycles. The predicted octanol–water partition coefficient (Wildman–Crippen LogP) is 1.08. The van der Waals surface area contributed by atoms with E-state index in [9.17, 15) is 9.59 Å². The number of carbonyl (C=O) groups excluding carboxylic acids is 2. The molecule has 1 aromatic carbocycles. The summed E-state index contributed by atoms with van der Waals surface area (Å²) in [6, 6.07) is 6.96. The highest BCUT2D eigenvalue weighted by Gasteiger charge is 2.04. The fourth-order valence-corrected chi connectivity index (χ4v) is 1.35. The first-order valence-electron chi connectivity index (χ1n) is 5.76. The molecule has 18 heavy (non-hydrogen) atoms. The maximum Gasteiger partial charge on any atom is 0.250 e. The molecule has 5 heteroatoms. The van der Waals surface area contributed by atoms with Gasteiger partial charge in [0.25, 0.3) is 0 Å². The van der Waals surface area contributed by atoms with Crippen LogP contribution in [-0.2, 0) is 20.7 Å². The molecular formula is C13H18N2O3. The van der Waals surface area contributed by atoms with Crippen LogP contribution < -0.4 is 11.1 Å². The van der Waals surface area contributed by atoms with E-state index in [2.05, 4.69) is 5.32 Å². The average molecular weight is 250 g/mol. The summed E-state index contributed by atoms with van der Waals surface area (Å²) in [6.45, 7) is 3.76. The van der Waals surface area contributed by atoms with E-state index < -0.39 is 0 Å². The minimum Gasteiger partial charge on any atom is -0.369 e. The van der Waals surface area contributed by atoms with Crippen LogP contribution in [0.3, 0.4) is 0 Å². The number of benzene rings is 1. The second kappa shape index (κ2) is 6.76. The van der Waals surface area contributed by atoms with Crippen LogP contribution in [0.4, 0.5) is 5.69 Å². The van der Waals surface area contributed by atoms with Gasteiger partial charge in [0.05, 0.1) is 12.5 Å². The Kier molecular flexibility index (Phi) is 5.32. The molecule has 0 aliphatic rings. The SMILES string of the molecule is CC(C)OCC(=O)Nc1ccc(CC(N)=O)cc1. The van der Waals surface area contributed by atoms with Crippen LogP contribution in [0.1, 0.15) is 19.4 Å². The number of rotatable bonds is 6. The molecule has 0 spiro atoms. The highest BCUT2D eigenvalue weighted by atomic mass is 16.5. The van der Waals surface area contributed by atoms with Gasteiger partial charge in [0.2, 0.25) is 11.8 Å². The molecule has 5 nitrogen and oxygen atoms in total. The molecule has 0 aliphatic carbocycles. The maximum atomic E-state index is 11.5. The van der Waals surface area contributed by atoms with Crippen molar-refractivity contribution < 1.29 is 14.3 Å². The molecule has 0 aromatic heterocycles. The minimum atomic E-state index is -0.378. The Morgan fingerprint density at radius 3 is 2.39 bits per heavy atom. The Balaban J connectivity index is 2.48. The summed E-state index contributed by atoms with van der Waals surface area (Å²) >= 11 is 0. The molecule has 3 N–H and O–H groups in total. The quantitative estimate of drug-likeness (QED) is 0.792. The van der Waals surface area contributed by atoms with E-state index in [0.29, 0.717) is 5.69 Å². The van der Waals surface area contributed by atoms with Crippen LogP contribution in [0.15, 0.2) is 24.3 Å². The van der Waals surface area contributed by atoms with Gasteiger partial charge in [-0.25, -0.2) is 0 Å². The first-order chi connectivity index (χ1) is 8.47. The molecule has 0 saturated heterocycles. The van der Waals surface area contributed by atoms with Crippen molar-refractivity contribution in [3.63, 3.8) is 0 Å². The number of carbonyl (C=O) groups is 2. The minimum absolute atomic E-state index is 0.0219. The lowest BCUT2D eigenvalue weighted by atomic mass is 10.1. The summed E-state index contributed by atoms with van der Waals surface area (Å²) < 4.78 is 5.18.